The van der Waals surface area contributed by atoms with E-state index in [1.807, 2.05) is 50.4 Å². The van der Waals surface area contributed by atoms with E-state index in [9.17, 15) is 5.11 Å². The van der Waals surface area contributed by atoms with Crippen LogP contribution in [0.1, 0.15) is 61.6 Å². The van der Waals surface area contributed by atoms with Gasteiger partial charge < -0.3 is 14.7 Å². The van der Waals surface area contributed by atoms with Crippen molar-refractivity contribution in [3.8, 4) is 5.75 Å². The summed E-state index contributed by atoms with van der Waals surface area (Å²) in [6.07, 6.45) is 6.36. The molecule has 2 aliphatic rings. The first-order valence-corrected chi connectivity index (χ1v) is 14.5. The molecule has 0 radical (unpaired) electrons. The summed E-state index contributed by atoms with van der Waals surface area (Å²) in [5.74, 6) is 1.53. The standard InChI is InChI=1S/C33H40ClN3O2/c1-4-36(20-24-9-12-27(34)13-10-24)21-25-15-18-37(22-25)17-6-8-28-29-7-5-16-35-31(29)23-39-32-14-11-26(19-30(28)32)33(2,3)38/h5,7-14,16,19,25,38H,4,6,15,17-18,20-23H2,1-3H3/b28-8+. The lowest BCUT2D eigenvalue weighted by molar-refractivity contribution is 0.0785. The molecule has 2 aliphatic heterocycles. The van der Waals surface area contributed by atoms with Gasteiger partial charge in [0.05, 0.1) is 11.3 Å². The molecule has 1 N–H and O–H groups in total. The Morgan fingerprint density at radius 1 is 1.15 bits per heavy atom. The minimum Gasteiger partial charge on any atom is -0.487 e. The largest absolute Gasteiger partial charge is 0.487 e. The average Bonchev–Trinajstić information content (AvgIpc) is 3.31. The second kappa shape index (κ2) is 12.2. The molecular formula is C33H40ClN3O2. The van der Waals surface area contributed by atoms with E-state index in [4.69, 9.17) is 16.3 Å². The molecule has 39 heavy (non-hydrogen) atoms. The van der Waals surface area contributed by atoms with Crippen LogP contribution in [0.3, 0.4) is 0 Å². The van der Waals surface area contributed by atoms with Crippen molar-refractivity contribution in [2.75, 3.05) is 32.7 Å². The van der Waals surface area contributed by atoms with E-state index in [1.54, 1.807) is 0 Å². The number of hydrogen-bond donors (Lipinski definition) is 1. The number of aromatic nitrogens is 1. The Kier molecular flexibility index (Phi) is 8.73. The first kappa shape index (κ1) is 27.9. The minimum absolute atomic E-state index is 0.445. The highest BCUT2D eigenvalue weighted by molar-refractivity contribution is 6.30. The summed E-state index contributed by atoms with van der Waals surface area (Å²) in [5.41, 5.74) is 5.52. The van der Waals surface area contributed by atoms with Crippen LogP contribution in [0.5, 0.6) is 5.75 Å². The second-order valence-electron chi connectivity index (χ2n) is 11.4. The zero-order valence-electron chi connectivity index (χ0n) is 23.4. The molecule has 0 saturated carbocycles. The van der Waals surface area contributed by atoms with Crippen molar-refractivity contribution in [1.29, 1.82) is 0 Å². The Balaban J connectivity index is 1.26. The zero-order valence-corrected chi connectivity index (χ0v) is 24.1. The summed E-state index contributed by atoms with van der Waals surface area (Å²) in [5, 5.41) is 11.5. The van der Waals surface area contributed by atoms with Crippen LogP contribution in [-0.4, -0.2) is 52.6 Å². The lowest BCUT2D eigenvalue weighted by Gasteiger charge is -2.24. The van der Waals surface area contributed by atoms with Gasteiger partial charge >= 0.3 is 0 Å². The van der Waals surface area contributed by atoms with Gasteiger partial charge in [-0.1, -0.05) is 48.9 Å². The molecule has 0 aliphatic carbocycles. The summed E-state index contributed by atoms with van der Waals surface area (Å²) < 4.78 is 6.16. The number of ether oxygens (including phenoxy) is 1. The molecule has 3 heterocycles. The predicted octanol–water partition coefficient (Wildman–Crippen LogP) is 6.52. The SMILES string of the molecule is CCN(Cc1ccc(Cl)cc1)CC1CCN(CC/C=C2/c3cc(C(C)(C)O)ccc3OCc3ncccc32)C1. The van der Waals surface area contributed by atoms with Gasteiger partial charge in [0.1, 0.15) is 12.4 Å². The molecule has 0 spiro atoms. The van der Waals surface area contributed by atoms with E-state index in [-0.39, 0.29) is 0 Å². The monoisotopic (exact) mass is 545 g/mol. The van der Waals surface area contributed by atoms with Gasteiger partial charge in [0.25, 0.3) is 0 Å². The van der Waals surface area contributed by atoms with Crippen LogP contribution in [0.4, 0.5) is 0 Å². The minimum atomic E-state index is -0.922. The summed E-state index contributed by atoms with van der Waals surface area (Å²) in [7, 11) is 0. The van der Waals surface area contributed by atoms with Crippen LogP contribution in [0.2, 0.25) is 5.02 Å². The van der Waals surface area contributed by atoms with Crippen molar-refractivity contribution >= 4 is 17.2 Å². The Morgan fingerprint density at radius 2 is 1.97 bits per heavy atom. The highest BCUT2D eigenvalue weighted by atomic mass is 35.5. The Bertz CT molecular complexity index is 1300. The van der Waals surface area contributed by atoms with E-state index < -0.39 is 5.60 Å². The number of likely N-dealkylation sites (tertiary alicyclic amines) is 1. The maximum absolute atomic E-state index is 10.7. The summed E-state index contributed by atoms with van der Waals surface area (Å²) in [4.78, 5) is 9.76. The molecule has 206 valence electrons. The molecule has 1 saturated heterocycles. The van der Waals surface area contributed by atoms with Crippen molar-refractivity contribution in [3.05, 3.63) is 99.8 Å². The van der Waals surface area contributed by atoms with Crippen LogP contribution in [0.15, 0.2) is 66.9 Å². The van der Waals surface area contributed by atoms with Crippen molar-refractivity contribution in [3.63, 3.8) is 0 Å². The van der Waals surface area contributed by atoms with Crippen LogP contribution in [0, 0.1) is 5.92 Å². The van der Waals surface area contributed by atoms with Crippen LogP contribution >= 0.6 is 11.6 Å². The fraction of sp³-hybridized carbons (Fsp3) is 0.424. The van der Waals surface area contributed by atoms with E-state index in [0.29, 0.717) is 12.5 Å². The molecule has 1 fully saturated rings. The zero-order chi connectivity index (χ0) is 27.4. The summed E-state index contributed by atoms with van der Waals surface area (Å²) >= 11 is 6.07. The predicted molar refractivity (Wildman–Crippen MR) is 159 cm³/mol. The van der Waals surface area contributed by atoms with Gasteiger partial charge in [-0.15, -0.1) is 0 Å². The number of rotatable bonds is 9. The van der Waals surface area contributed by atoms with E-state index in [1.165, 1.54) is 12.0 Å². The molecule has 0 amide bonds. The van der Waals surface area contributed by atoms with E-state index in [2.05, 4.69) is 52.0 Å². The number of pyridine rings is 1. The maximum atomic E-state index is 10.7. The van der Waals surface area contributed by atoms with Crippen molar-refractivity contribution in [2.45, 2.75) is 52.4 Å². The summed E-state index contributed by atoms with van der Waals surface area (Å²) in [6.45, 7) is 12.8. The van der Waals surface area contributed by atoms with Gasteiger partial charge in [0.15, 0.2) is 0 Å². The molecule has 5 rings (SSSR count). The van der Waals surface area contributed by atoms with Gasteiger partial charge in [0, 0.05) is 48.5 Å². The Morgan fingerprint density at radius 3 is 2.74 bits per heavy atom. The number of benzene rings is 2. The molecule has 1 aromatic heterocycles. The normalized spacial score (nSPS) is 18.6. The van der Waals surface area contributed by atoms with Gasteiger partial charge in [-0.05, 0) is 92.7 Å². The summed E-state index contributed by atoms with van der Waals surface area (Å²) in [6, 6.07) is 18.4. The lowest BCUT2D eigenvalue weighted by atomic mass is 9.90. The van der Waals surface area contributed by atoms with Gasteiger partial charge in [-0.2, -0.15) is 0 Å². The molecule has 5 nitrogen and oxygen atoms in total. The van der Waals surface area contributed by atoms with Gasteiger partial charge in [-0.25, -0.2) is 0 Å². The smallest absolute Gasteiger partial charge is 0.131 e. The van der Waals surface area contributed by atoms with Crippen molar-refractivity contribution < 1.29 is 9.84 Å². The average molecular weight is 546 g/mol. The third kappa shape index (κ3) is 6.90. The molecule has 6 heteroatoms. The van der Waals surface area contributed by atoms with Crippen molar-refractivity contribution in [1.82, 2.24) is 14.8 Å². The number of fused-ring (bicyclic) bond motifs is 2. The topological polar surface area (TPSA) is 48.8 Å². The number of nitrogens with zero attached hydrogens (tertiary/aromatic N) is 3. The quantitative estimate of drug-likeness (QED) is 0.332. The first-order valence-electron chi connectivity index (χ1n) is 14.1. The third-order valence-electron chi connectivity index (χ3n) is 7.97. The lowest BCUT2D eigenvalue weighted by Crippen LogP contribution is -2.31. The number of aliphatic hydroxyl groups is 1. The van der Waals surface area contributed by atoms with Crippen LogP contribution in [0.25, 0.3) is 5.57 Å². The van der Waals surface area contributed by atoms with Gasteiger partial charge in [0.2, 0.25) is 0 Å². The maximum Gasteiger partial charge on any atom is 0.131 e. The highest BCUT2D eigenvalue weighted by Gasteiger charge is 2.26. The van der Waals surface area contributed by atoms with Gasteiger partial charge in [-0.3, -0.25) is 9.88 Å². The molecule has 3 aromatic rings. The third-order valence-corrected chi connectivity index (χ3v) is 8.22. The Labute approximate surface area is 238 Å². The molecule has 1 atom stereocenters. The molecule has 1 unspecified atom stereocenters. The highest BCUT2D eigenvalue weighted by Crippen LogP contribution is 2.38. The Hall–Kier alpha value is -2.70. The van der Waals surface area contributed by atoms with Crippen molar-refractivity contribution in [2.24, 2.45) is 5.92 Å². The first-order chi connectivity index (χ1) is 18.8. The van der Waals surface area contributed by atoms with E-state index in [0.717, 1.165) is 84.4 Å². The van der Waals surface area contributed by atoms with Crippen LogP contribution in [-0.2, 0) is 18.8 Å². The van der Waals surface area contributed by atoms with Crippen LogP contribution < -0.4 is 4.74 Å². The molecule has 2 aromatic carbocycles. The fourth-order valence-electron chi connectivity index (χ4n) is 5.73. The number of hydrogen-bond acceptors (Lipinski definition) is 5. The molecular weight excluding hydrogens is 506 g/mol. The molecule has 0 bridgehead atoms. The second-order valence-corrected chi connectivity index (χ2v) is 11.8. The fourth-order valence-corrected chi connectivity index (χ4v) is 5.86. The van der Waals surface area contributed by atoms with E-state index >= 15 is 0 Å². The number of halogens is 1.